The predicted octanol–water partition coefficient (Wildman–Crippen LogP) is 0.0193. The molecule has 0 fully saturated rings. The molecule has 0 unspecified atom stereocenters. The van der Waals surface area contributed by atoms with E-state index in [9.17, 15) is 14.4 Å². The van der Waals surface area contributed by atoms with Crippen LogP contribution < -0.4 is 15.6 Å². The maximum Gasteiger partial charge on any atom is 0.338 e. The number of carbonyl (C=O) groups is 3. The van der Waals surface area contributed by atoms with Crippen LogP contribution in [0, 0.1) is 0 Å². The van der Waals surface area contributed by atoms with Crippen molar-refractivity contribution in [3.8, 4) is 5.75 Å². The van der Waals surface area contributed by atoms with Crippen molar-refractivity contribution >= 4 is 17.8 Å². The summed E-state index contributed by atoms with van der Waals surface area (Å²) in [5.41, 5.74) is 4.42. The van der Waals surface area contributed by atoms with Crippen molar-refractivity contribution < 1.29 is 23.9 Å². The van der Waals surface area contributed by atoms with Crippen molar-refractivity contribution in [1.82, 2.24) is 10.9 Å². The monoisotopic (exact) mass is 266 g/mol. The smallest absolute Gasteiger partial charge is 0.338 e. The summed E-state index contributed by atoms with van der Waals surface area (Å²) in [5, 5.41) is 0. The second-order valence-electron chi connectivity index (χ2n) is 3.54. The van der Waals surface area contributed by atoms with Gasteiger partial charge in [0.15, 0.2) is 6.61 Å². The molecule has 0 aliphatic carbocycles. The molecule has 0 atom stereocenters. The Labute approximate surface area is 109 Å². The first kappa shape index (κ1) is 14.5. The minimum Gasteiger partial charge on any atom is -0.497 e. The topological polar surface area (TPSA) is 93.7 Å². The number of nitrogens with one attached hydrogen (secondary N) is 2. The average molecular weight is 266 g/mol. The van der Waals surface area contributed by atoms with Crippen molar-refractivity contribution in [2.24, 2.45) is 0 Å². The average Bonchev–Trinajstić information content (AvgIpc) is 2.42. The summed E-state index contributed by atoms with van der Waals surface area (Å²) in [6.45, 7) is 0.749. The standard InChI is InChI=1S/C12H14N2O5/c1-8(15)13-14-11(16)7-19-12(17)9-4-3-5-10(6-9)18-2/h3-6H,7H2,1-2H3,(H,13,15)(H,14,16). The molecule has 7 heteroatoms. The Morgan fingerprint density at radius 3 is 2.58 bits per heavy atom. The van der Waals surface area contributed by atoms with Crippen molar-refractivity contribution in [3.63, 3.8) is 0 Å². The second-order valence-corrected chi connectivity index (χ2v) is 3.54. The fourth-order valence-electron chi connectivity index (χ4n) is 1.16. The summed E-state index contributed by atoms with van der Waals surface area (Å²) in [6.07, 6.45) is 0. The van der Waals surface area contributed by atoms with Crippen molar-refractivity contribution in [1.29, 1.82) is 0 Å². The molecule has 0 saturated carbocycles. The number of esters is 1. The minimum absolute atomic E-state index is 0.270. The number of hydrogen-bond donors (Lipinski definition) is 2. The third-order valence-electron chi connectivity index (χ3n) is 2.02. The number of rotatable bonds is 4. The Kier molecular flexibility index (Phi) is 5.34. The van der Waals surface area contributed by atoms with Crippen LogP contribution in [0.25, 0.3) is 0 Å². The number of benzene rings is 1. The zero-order chi connectivity index (χ0) is 14.3. The lowest BCUT2D eigenvalue weighted by molar-refractivity contribution is -0.129. The highest BCUT2D eigenvalue weighted by atomic mass is 16.5. The number of carbonyl (C=O) groups excluding carboxylic acids is 3. The first-order chi connectivity index (χ1) is 9.02. The molecular weight excluding hydrogens is 252 g/mol. The summed E-state index contributed by atoms with van der Waals surface area (Å²) in [4.78, 5) is 33.3. The first-order valence-corrected chi connectivity index (χ1v) is 5.39. The lowest BCUT2D eigenvalue weighted by Crippen LogP contribution is -2.42. The Morgan fingerprint density at radius 2 is 1.95 bits per heavy atom. The first-order valence-electron chi connectivity index (χ1n) is 5.39. The number of methoxy groups -OCH3 is 1. The molecule has 0 heterocycles. The van der Waals surface area contributed by atoms with E-state index in [1.54, 1.807) is 12.1 Å². The summed E-state index contributed by atoms with van der Waals surface area (Å²) in [6, 6.07) is 6.34. The van der Waals surface area contributed by atoms with Gasteiger partial charge in [0.2, 0.25) is 5.91 Å². The molecule has 1 aromatic rings. The van der Waals surface area contributed by atoms with Gasteiger partial charge in [-0.3, -0.25) is 20.4 Å². The van der Waals surface area contributed by atoms with Crippen molar-refractivity contribution in [2.75, 3.05) is 13.7 Å². The largest absolute Gasteiger partial charge is 0.497 e. The van der Waals surface area contributed by atoms with Crippen LogP contribution in [-0.4, -0.2) is 31.5 Å². The normalized spacial score (nSPS) is 9.37. The zero-order valence-electron chi connectivity index (χ0n) is 10.6. The third-order valence-corrected chi connectivity index (χ3v) is 2.02. The fraction of sp³-hybridized carbons (Fsp3) is 0.250. The summed E-state index contributed by atoms with van der Waals surface area (Å²) >= 11 is 0. The highest BCUT2D eigenvalue weighted by molar-refractivity contribution is 5.91. The Hall–Kier alpha value is -2.57. The molecule has 0 aliphatic heterocycles. The fourth-order valence-corrected chi connectivity index (χ4v) is 1.16. The lowest BCUT2D eigenvalue weighted by atomic mass is 10.2. The van der Waals surface area contributed by atoms with Gasteiger partial charge in [-0.05, 0) is 18.2 Å². The zero-order valence-corrected chi connectivity index (χ0v) is 10.6. The summed E-state index contributed by atoms with van der Waals surface area (Å²) in [7, 11) is 1.48. The van der Waals surface area contributed by atoms with Gasteiger partial charge in [0.1, 0.15) is 5.75 Å². The molecule has 7 nitrogen and oxygen atoms in total. The maximum atomic E-state index is 11.6. The maximum absolute atomic E-state index is 11.6. The quantitative estimate of drug-likeness (QED) is 0.592. The van der Waals surface area contributed by atoms with E-state index in [0.717, 1.165) is 0 Å². The van der Waals surface area contributed by atoms with E-state index in [0.29, 0.717) is 5.75 Å². The van der Waals surface area contributed by atoms with Crippen LogP contribution in [0.3, 0.4) is 0 Å². The van der Waals surface area contributed by atoms with Crippen LogP contribution in [0.5, 0.6) is 5.75 Å². The Morgan fingerprint density at radius 1 is 1.21 bits per heavy atom. The molecule has 1 rings (SSSR count). The molecule has 0 aromatic heterocycles. The van der Waals surface area contributed by atoms with Crippen LogP contribution in [0.1, 0.15) is 17.3 Å². The number of ether oxygens (including phenoxy) is 2. The lowest BCUT2D eigenvalue weighted by Gasteiger charge is -2.07. The molecule has 0 aliphatic rings. The third kappa shape index (κ3) is 5.07. The van der Waals surface area contributed by atoms with E-state index in [1.807, 2.05) is 0 Å². The van der Waals surface area contributed by atoms with E-state index >= 15 is 0 Å². The number of hydrogen-bond acceptors (Lipinski definition) is 5. The molecule has 0 radical (unpaired) electrons. The SMILES string of the molecule is COc1cccc(C(=O)OCC(=O)NNC(C)=O)c1. The second kappa shape index (κ2) is 7.00. The molecule has 2 amide bonds. The predicted molar refractivity (Wildman–Crippen MR) is 65.2 cm³/mol. The van der Waals surface area contributed by atoms with E-state index in [4.69, 9.17) is 9.47 Å². The molecule has 1 aromatic carbocycles. The number of amides is 2. The van der Waals surface area contributed by atoms with Gasteiger partial charge in [0.25, 0.3) is 5.91 Å². The molecule has 19 heavy (non-hydrogen) atoms. The molecule has 102 valence electrons. The minimum atomic E-state index is -0.656. The van der Waals surface area contributed by atoms with Gasteiger partial charge >= 0.3 is 5.97 Å². The van der Waals surface area contributed by atoms with Gasteiger partial charge in [-0.1, -0.05) is 6.07 Å². The summed E-state index contributed by atoms with van der Waals surface area (Å²) in [5.74, 6) is -1.20. The molecule has 0 spiro atoms. The van der Waals surface area contributed by atoms with Gasteiger partial charge in [-0.2, -0.15) is 0 Å². The summed E-state index contributed by atoms with van der Waals surface area (Å²) < 4.78 is 9.72. The highest BCUT2D eigenvalue weighted by Crippen LogP contribution is 2.13. The van der Waals surface area contributed by atoms with E-state index in [-0.39, 0.29) is 5.56 Å². The van der Waals surface area contributed by atoms with E-state index < -0.39 is 24.4 Å². The number of hydrazine groups is 1. The molecule has 2 N–H and O–H groups in total. The van der Waals surface area contributed by atoms with Gasteiger partial charge < -0.3 is 9.47 Å². The highest BCUT2D eigenvalue weighted by Gasteiger charge is 2.10. The van der Waals surface area contributed by atoms with Gasteiger partial charge in [-0.25, -0.2) is 4.79 Å². The Bertz CT molecular complexity index is 487. The van der Waals surface area contributed by atoms with Crippen LogP contribution in [0.4, 0.5) is 0 Å². The van der Waals surface area contributed by atoms with Crippen molar-refractivity contribution in [2.45, 2.75) is 6.92 Å². The molecule has 0 bridgehead atoms. The van der Waals surface area contributed by atoms with Gasteiger partial charge in [-0.15, -0.1) is 0 Å². The van der Waals surface area contributed by atoms with E-state index in [1.165, 1.54) is 26.2 Å². The molecular formula is C12H14N2O5. The van der Waals surface area contributed by atoms with Crippen LogP contribution in [0.2, 0.25) is 0 Å². The van der Waals surface area contributed by atoms with E-state index in [2.05, 4.69) is 10.9 Å². The molecule has 0 saturated heterocycles. The Balaban J connectivity index is 2.46. The van der Waals surface area contributed by atoms with Gasteiger partial charge in [0.05, 0.1) is 12.7 Å². The van der Waals surface area contributed by atoms with Crippen LogP contribution in [-0.2, 0) is 14.3 Å². The van der Waals surface area contributed by atoms with Gasteiger partial charge in [0, 0.05) is 6.92 Å². The van der Waals surface area contributed by atoms with Crippen LogP contribution >= 0.6 is 0 Å². The van der Waals surface area contributed by atoms with Crippen LogP contribution in [0.15, 0.2) is 24.3 Å². The van der Waals surface area contributed by atoms with Crippen molar-refractivity contribution in [3.05, 3.63) is 29.8 Å².